The van der Waals surface area contributed by atoms with Crippen LogP contribution in [0.15, 0.2) is 35.7 Å². The number of carbonyl (C=O) groups excluding carboxylic acids is 1. The first-order valence-electron chi connectivity index (χ1n) is 10.6. The smallest absolute Gasteiger partial charge is 0.340 e. The molecule has 0 amide bonds. The molecule has 1 aromatic carbocycles. The van der Waals surface area contributed by atoms with Gasteiger partial charge in [-0.15, -0.1) is 5.01 Å². The molecule has 2 aliphatic rings. The van der Waals surface area contributed by atoms with Crippen LogP contribution >= 0.6 is 11.6 Å². The van der Waals surface area contributed by atoms with Gasteiger partial charge in [-0.3, -0.25) is 4.98 Å². The summed E-state index contributed by atoms with van der Waals surface area (Å²) in [5.41, 5.74) is 3.15. The van der Waals surface area contributed by atoms with E-state index in [1.807, 2.05) is 19.1 Å². The third kappa shape index (κ3) is 4.49. The van der Waals surface area contributed by atoms with Crippen LogP contribution in [0.2, 0.25) is 5.02 Å². The Labute approximate surface area is 191 Å². The van der Waals surface area contributed by atoms with Gasteiger partial charge in [0, 0.05) is 22.3 Å². The highest BCUT2D eigenvalue weighted by Gasteiger charge is 2.40. The van der Waals surface area contributed by atoms with Crippen molar-refractivity contribution in [3.05, 3.63) is 63.1 Å². The number of aromatic nitrogens is 1. The fourth-order valence-electron chi connectivity index (χ4n) is 3.93. The van der Waals surface area contributed by atoms with Crippen LogP contribution in [0.1, 0.15) is 54.7 Å². The fraction of sp³-hybridized carbons (Fsp3) is 0.455. The first-order chi connectivity index (χ1) is 15.5. The molecule has 2 aromatic rings. The SMILES string of the molecule is CCCO/N=[N+](/[O-])N1CCC[C@H]1C(=O)Oc1c(C)ncc2c1CO[C@H]2c1ccc(Cl)cc1. The number of rotatable bonds is 7. The first kappa shape index (κ1) is 22.3. The van der Waals surface area contributed by atoms with Gasteiger partial charge in [-0.2, -0.15) is 0 Å². The summed E-state index contributed by atoms with van der Waals surface area (Å²) < 4.78 is 11.8. The lowest BCUT2D eigenvalue weighted by molar-refractivity contribution is -0.712. The van der Waals surface area contributed by atoms with Crippen LogP contribution in [-0.4, -0.2) is 40.1 Å². The number of nitrogens with zero attached hydrogens (tertiary/aromatic N) is 4. The Morgan fingerprint density at radius 3 is 2.94 bits per heavy atom. The van der Waals surface area contributed by atoms with Crippen LogP contribution in [-0.2, 0) is 21.0 Å². The van der Waals surface area contributed by atoms with E-state index in [9.17, 15) is 10.0 Å². The van der Waals surface area contributed by atoms with E-state index in [1.165, 1.54) is 5.01 Å². The van der Waals surface area contributed by atoms with Crippen molar-refractivity contribution in [3.63, 3.8) is 0 Å². The fourth-order valence-corrected chi connectivity index (χ4v) is 4.05. The zero-order chi connectivity index (χ0) is 22.7. The topological polar surface area (TPSA) is 99.3 Å². The van der Waals surface area contributed by atoms with Crippen LogP contribution < -0.4 is 4.74 Å². The number of hydrogen-bond acceptors (Lipinski definition) is 7. The van der Waals surface area contributed by atoms with E-state index >= 15 is 0 Å². The maximum absolute atomic E-state index is 13.0. The molecule has 0 unspecified atom stereocenters. The van der Waals surface area contributed by atoms with Crippen molar-refractivity contribution in [2.24, 2.45) is 5.28 Å². The van der Waals surface area contributed by atoms with Crippen LogP contribution in [0.5, 0.6) is 5.75 Å². The minimum atomic E-state index is -0.744. The molecule has 3 heterocycles. The molecule has 9 nitrogen and oxygen atoms in total. The molecule has 4 rings (SSSR count). The molecule has 32 heavy (non-hydrogen) atoms. The Bertz CT molecular complexity index is 1010. The quantitative estimate of drug-likeness (QED) is 0.200. The van der Waals surface area contributed by atoms with E-state index < -0.39 is 12.0 Å². The Balaban J connectivity index is 1.54. The van der Waals surface area contributed by atoms with Crippen molar-refractivity contribution < 1.29 is 24.1 Å². The molecule has 10 heteroatoms. The predicted molar refractivity (Wildman–Crippen MR) is 115 cm³/mol. The molecule has 0 bridgehead atoms. The van der Waals surface area contributed by atoms with Crippen LogP contribution in [0.25, 0.3) is 0 Å². The highest BCUT2D eigenvalue weighted by molar-refractivity contribution is 6.30. The van der Waals surface area contributed by atoms with Crippen molar-refractivity contribution in [1.29, 1.82) is 0 Å². The van der Waals surface area contributed by atoms with Crippen LogP contribution in [0.4, 0.5) is 0 Å². The maximum Gasteiger partial charge on any atom is 0.340 e. The van der Waals surface area contributed by atoms with Gasteiger partial charge in [-0.05, 0) is 43.9 Å². The zero-order valence-corrected chi connectivity index (χ0v) is 18.7. The van der Waals surface area contributed by atoms with E-state index in [0.717, 1.165) is 23.1 Å². The summed E-state index contributed by atoms with van der Waals surface area (Å²) in [6.45, 7) is 4.71. The Hall–Kier alpha value is -2.91. The zero-order valence-electron chi connectivity index (χ0n) is 18.0. The second-order valence-corrected chi connectivity index (χ2v) is 8.20. The maximum atomic E-state index is 13.0. The van der Waals surface area contributed by atoms with Crippen LogP contribution in [0, 0.1) is 12.1 Å². The molecule has 0 saturated carbocycles. The Morgan fingerprint density at radius 1 is 1.41 bits per heavy atom. The summed E-state index contributed by atoms with van der Waals surface area (Å²) >= 11 is 6.00. The molecular weight excluding hydrogens is 436 g/mol. The minimum Gasteiger partial charge on any atom is -0.569 e. The minimum absolute atomic E-state index is 0.289. The number of ether oxygens (including phenoxy) is 2. The molecule has 1 fully saturated rings. The van der Waals surface area contributed by atoms with Gasteiger partial charge >= 0.3 is 5.97 Å². The van der Waals surface area contributed by atoms with Gasteiger partial charge in [-0.1, -0.05) is 30.7 Å². The molecule has 0 N–H and O–H groups in total. The average molecular weight is 461 g/mol. The largest absolute Gasteiger partial charge is 0.569 e. The second-order valence-electron chi connectivity index (χ2n) is 7.76. The van der Waals surface area contributed by atoms with E-state index in [1.54, 1.807) is 25.3 Å². The molecule has 2 aliphatic heterocycles. The predicted octanol–water partition coefficient (Wildman–Crippen LogP) is 4.25. The third-order valence-electron chi connectivity index (χ3n) is 5.54. The van der Waals surface area contributed by atoms with Crippen LogP contribution in [0.3, 0.4) is 0 Å². The molecule has 0 radical (unpaired) electrons. The number of aryl methyl sites for hydroxylation is 1. The Kier molecular flexibility index (Phi) is 6.76. The van der Waals surface area contributed by atoms with E-state index in [0.29, 0.717) is 47.4 Å². The normalized spacial score (nSPS) is 20.3. The van der Waals surface area contributed by atoms with Gasteiger partial charge in [0.25, 0.3) is 0 Å². The van der Waals surface area contributed by atoms with Gasteiger partial charge in [0.2, 0.25) is 5.28 Å². The highest BCUT2D eigenvalue weighted by Crippen LogP contribution is 2.41. The lowest BCUT2D eigenvalue weighted by Gasteiger charge is -2.20. The van der Waals surface area contributed by atoms with Gasteiger partial charge in [0.15, 0.2) is 11.8 Å². The van der Waals surface area contributed by atoms with Crippen molar-refractivity contribution in [1.82, 2.24) is 9.99 Å². The lowest BCUT2D eigenvalue weighted by atomic mass is 10.0. The summed E-state index contributed by atoms with van der Waals surface area (Å²) in [6.07, 6.45) is 3.33. The van der Waals surface area contributed by atoms with Gasteiger partial charge in [0.05, 0.1) is 23.8 Å². The average Bonchev–Trinajstić information content (AvgIpc) is 3.44. The molecule has 170 valence electrons. The number of halogens is 1. The summed E-state index contributed by atoms with van der Waals surface area (Å²) in [4.78, 5) is 22.7. The molecule has 1 aromatic heterocycles. The van der Waals surface area contributed by atoms with Crippen molar-refractivity contribution >= 4 is 17.6 Å². The van der Waals surface area contributed by atoms with Gasteiger partial charge < -0.3 is 19.5 Å². The second kappa shape index (κ2) is 9.70. The number of esters is 1. The number of carbonyl (C=O) groups is 1. The molecular formula is C22H25ClN4O5. The third-order valence-corrected chi connectivity index (χ3v) is 5.79. The molecule has 0 aliphatic carbocycles. The summed E-state index contributed by atoms with van der Waals surface area (Å²) in [6, 6.07) is 6.67. The lowest BCUT2D eigenvalue weighted by Crippen LogP contribution is -2.42. The van der Waals surface area contributed by atoms with E-state index in [-0.39, 0.29) is 12.7 Å². The summed E-state index contributed by atoms with van der Waals surface area (Å²) in [7, 11) is 0. The van der Waals surface area contributed by atoms with E-state index in [4.69, 9.17) is 25.9 Å². The Morgan fingerprint density at radius 2 is 2.19 bits per heavy atom. The first-order valence-corrected chi connectivity index (χ1v) is 11.0. The van der Waals surface area contributed by atoms with Gasteiger partial charge in [0.1, 0.15) is 12.7 Å². The number of hydrazine groups is 1. The number of benzene rings is 1. The number of hydrogen-bond donors (Lipinski definition) is 0. The highest BCUT2D eigenvalue weighted by atomic mass is 35.5. The molecule has 1 saturated heterocycles. The van der Waals surface area contributed by atoms with Crippen molar-refractivity contribution in [2.45, 2.75) is 51.9 Å². The summed E-state index contributed by atoms with van der Waals surface area (Å²) in [5.74, 6) is -0.144. The number of fused-ring (bicyclic) bond motifs is 1. The van der Waals surface area contributed by atoms with E-state index in [2.05, 4.69) is 10.3 Å². The molecule has 2 atom stereocenters. The standard InChI is InChI=1S/C22H25ClN4O5/c1-3-11-31-25-27(29)26-10-4-5-19(26)22(28)32-20-14(2)24-12-17-18(20)13-30-21(17)15-6-8-16(23)9-7-15/h6-9,12,19,21H,3-5,10-11,13H2,1-2H3/b27-25+/t19-,21-/m0/s1. The van der Waals surface area contributed by atoms with Gasteiger partial charge in [-0.25, -0.2) is 4.79 Å². The monoisotopic (exact) mass is 460 g/mol. The van der Waals surface area contributed by atoms with Crippen molar-refractivity contribution in [3.8, 4) is 5.75 Å². The number of pyridine rings is 1. The van der Waals surface area contributed by atoms with Crippen molar-refractivity contribution in [2.75, 3.05) is 13.2 Å². The molecule has 0 spiro atoms. The summed E-state index contributed by atoms with van der Waals surface area (Å²) in [5, 5.41) is 17.7.